The summed E-state index contributed by atoms with van der Waals surface area (Å²) in [7, 11) is 0. The summed E-state index contributed by atoms with van der Waals surface area (Å²) in [6, 6.07) is 1.38. The maximum atomic E-state index is 11.8. The van der Waals surface area contributed by atoms with Gasteiger partial charge in [-0.3, -0.25) is 9.59 Å². The summed E-state index contributed by atoms with van der Waals surface area (Å²) < 4.78 is 1.22. The molecule has 0 aromatic carbocycles. The lowest BCUT2D eigenvalue weighted by Crippen LogP contribution is -2.35. The lowest BCUT2D eigenvalue weighted by atomic mass is 10.0. The number of anilines is 1. The summed E-state index contributed by atoms with van der Waals surface area (Å²) in [5.41, 5.74) is 5.15. The number of hydrogen-bond acceptors (Lipinski definition) is 3. The van der Waals surface area contributed by atoms with E-state index in [0.29, 0.717) is 17.5 Å². The second kappa shape index (κ2) is 7.19. The average Bonchev–Trinajstić information content (AvgIpc) is 2.36. The Kier molecular flexibility index (Phi) is 5.89. The minimum atomic E-state index is -0.401. The predicted octanol–water partition coefficient (Wildman–Crippen LogP) is 1.64. The first-order chi connectivity index (χ1) is 8.97. The highest BCUT2D eigenvalue weighted by molar-refractivity contribution is 6.30. The SMILES string of the molecule is CCC(CC)CNC(=O)Cn1cc(Cl)cc(N)c1=O. The molecule has 1 heterocycles. The van der Waals surface area contributed by atoms with Crippen molar-refractivity contribution in [2.24, 2.45) is 5.92 Å². The van der Waals surface area contributed by atoms with E-state index in [9.17, 15) is 9.59 Å². The molecule has 1 rings (SSSR count). The predicted molar refractivity (Wildman–Crippen MR) is 77.2 cm³/mol. The molecule has 3 N–H and O–H groups in total. The lowest BCUT2D eigenvalue weighted by Gasteiger charge is -2.14. The van der Waals surface area contributed by atoms with Crippen molar-refractivity contribution in [2.75, 3.05) is 12.3 Å². The lowest BCUT2D eigenvalue weighted by molar-refractivity contribution is -0.121. The van der Waals surface area contributed by atoms with Crippen LogP contribution in [-0.4, -0.2) is 17.0 Å². The average molecular weight is 286 g/mol. The number of carbonyl (C=O) groups is 1. The minimum Gasteiger partial charge on any atom is -0.394 e. The van der Waals surface area contributed by atoms with Crippen molar-refractivity contribution in [3.05, 3.63) is 27.6 Å². The van der Waals surface area contributed by atoms with Crippen LogP contribution < -0.4 is 16.6 Å². The molecule has 1 aromatic heterocycles. The van der Waals surface area contributed by atoms with Crippen molar-refractivity contribution < 1.29 is 4.79 Å². The number of rotatable bonds is 6. The Labute approximate surface area is 117 Å². The molecule has 0 aliphatic heterocycles. The molecule has 5 nitrogen and oxygen atoms in total. The van der Waals surface area contributed by atoms with Gasteiger partial charge in [0.15, 0.2) is 0 Å². The summed E-state index contributed by atoms with van der Waals surface area (Å²) >= 11 is 5.81. The molecule has 1 aromatic rings. The molecule has 0 unspecified atom stereocenters. The topological polar surface area (TPSA) is 77.1 Å². The van der Waals surface area contributed by atoms with E-state index in [1.807, 2.05) is 0 Å². The van der Waals surface area contributed by atoms with Gasteiger partial charge in [0.25, 0.3) is 5.56 Å². The molecule has 0 fully saturated rings. The van der Waals surface area contributed by atoms with E-state index in [-0.39, 0.29) is 18.1 Å². The van der Waals surface area contributed by atoms with Crippen LogP contribution in [0.25, 0.3) is 0 Å². The number of halogens is 1. The van der Waals surface area contributed by atoms with E-state index in [2.05, 4.69) is 19.2 Å². The highest BCUT2D eigenvalue weighted by Crippen LogP contribution is 2.08. The molecule has 0 atom stereocenters. The maximum Gasteiger partial charge on any atom is 0.274 e. The maximum absolute atomic E-state index is 11.8. The summed E-state index contributed by atoms with van der Waals surface area (Å²) in [6.07, 6.45) is 3.44. The summed E-state index contributed by atoms with van der Waals surface area (Å²) in [4.78, 5) is 23.5. The molecule has 0 saturated heterocycles. The third-order valence-electron chi connectivity index (χ3n) is 3.14. The second-order valence-electron chi connectivity index (χ2n) is 4.53. The number of nitrogens with one attached hydrogen (secondary N) is 1. The van der Waals surface area contributed by atoms with Crippen LogP contribution in [0.1, 0.15) is 26.7 Å². The van der Waals surface area contributed by atoms with Crippen molar-refractivity contribution in [1.82, 2.24) is 9.88 Å². The zero-order valence-corrected chi connectivity index (χ0v) is 12.0. The van der Waals surface area contributed by atoms with Gasteiger partial charge in [0, 0.05) is 12.7 Å². The van der Waals surface area contributed by atoms with E-state index in [1.54, 1.807) is 0 Å². The van der Waals surface area contributed by atoms with Crippen LogP contribution in [0, 0.1) is 5.92 Å². The van der Waals surface area contributed by atoms with Crippen LogP contribution in [0.3, 0.4) is 0 Å². The first-order valence-electron chi connectivity index (χ1n) is 6.40. The van der Waals surface area contributed by atoms with Crippen LogP contribution in [0.5, 0.6) is 0 Å². The molecular weight excluding hydrogens is 266 g/mol. The van der Waals surface area contributed by atoms with Crippen LogP contribution in [0.2, 0.25) is 5.02 Å². The quantitative estimate of drug-likeness (QED) is 0.834. The number of amides is 1. The molecule has 0 saturated carbocycles. The van der Waals surface area contributed by atoms with E-state index in [0.717, 1.165) is 12.8 Å². The molecule has 19 heavy (non-hydrogen) atoms. The minimum absolute atomic E-state index is 0.0419. The number of aromatic nitrogens is 1. The monoisotopic (exact) mass is 285 g/mol. The van der Waals surface area contributed by atoms with E-state index in [1.165, 1.54) is 16.8 Å². The van der Waals surface area contributed by atoms with Gasteiger partial charge in [-0.15, -0.1) is 0 Å². The fourth-order valence-electron chi connectivity index (χ4n) is 1.78. The number of pyridine rings is 1. The van der Waals surface area contributed by atoms with Gasteiger partial charge >= 0.3 is 0 Å². The highest BCUT2D eigenvalue weighted by Gasteiger charge is 2.09. The van der Waals surface area contributed by atoms with Gasteiger partial charge in [-0.1, -0.05) is 38.3 Å². The van der Waals surface area contributed by atoms with E-state index in [4.69, 9.17) is 17.3 Å². The molecule has 106 valence electrons. The van der Waals surface area contributed by atoms with E-state index >= 15 is 0 Å². The fourth-order valence-corrected chi connectivity index (χ4v) is 2.02. The normalized spacial score (nSPS) is 10.7. The molecule has 0 spiro atoms. The molecule has 1 amide bonds. The van der Waals surface area contributed by atoms with Crippen LogP contribution >= 0.6 is 11.6 Å². The van der Waals surface area contributed by atoms with Gasteiger partial charge in [0.05, 0.1) is 10.7 Å². The number of carbonyl (C=O) groups excluding carboxylic acids is 1. The third kappa shape index (κ3) is 4.59. The largest absolute Gasteiger partial charge is 0.394 e. The molecule has 0 radical (unpaired) electrons. The van der Waals surface area contributed by atoms with Crippen LogP contribution in [-0.2, 0) is 11.3 Å². The first kappa shape index (κ1) is 15.6. The standard InChI is InChI=1S/C13H20ClN3O2/c1-3-9(4-2)6-16-12(18)8-17-7-10(14)5-11(15)13(17)19/h5,7,9H,3-4,6,8,15H2,1-2H3,(H,16,18). The molecule has 0 bridgehead atoms. The van der Waals surface area contributed by atoms with E-state index < -0.39 is 5.56 Å². The van der Waals surface area contributed by atoms with Crippen molar-refractivity contribution in [2.45, 2.75) is 33.2 Å². The van der Waals surface area contributed by atoms with Gasteiger partial charge in [0.1, 0.15) is 6.54 Å². The zero-order valence-electron chi connectivity index (χ0n) is 11.3. The first-order valence-corrected chi connectivity index (χ1v) is 6.77. The number of nitrogens with two attached hydrogens (primary N) is 1. The van der Waals surface area contributed by atoms with Gasteiger partial charge < -0.3 is 15.6 Å². The van der Waals surface area contributed by atoms with Crippen LogP contribution in [0.4, 0.5) is 5.69 Å². The van der Waals surface area contributed by atoms with Crippen LogP contribution in [0.15, 0.2) is 17.1 Å². The van der Waals surface area contributed by atoms with Crippen molar-refractivity contribution >= 4 is 23.2 Å². The molecular formula is C13H20ClN3O2. The smallest absolute Gasteiger partial charge is 0.274 e. The van der Waals surface area contributed by atoms with Crippen molar-refractivity contribution in [1.29, 1.82) is 0 Å². The Hall–Kier alpha value is -1.49. The van der Waals surface area contributed by atoms with Crippen molar-refractivity contribution in [3.63, 3.8) is 0 Å². The van der Waals surface area contributed by atoms with Crippen molar-refractivity contribution in [3.8, 4) is 0 Å². The Morgan fingerprint density at radius 3 is 2.68 bits per heavy atom. The fraction of sp³-hybridized carbons (Fsp3) is 0.538. The third-order valence-corrected chi connectivity index (χ3v) is 3.34. The highest BCUT2D eigenvalue weighted by atomic mass is 35.5. The Morgan fingerprint density at radius 2 is 2.11 bits per heavy atom. The number of hydrogen-bond donors (Lipinski definition) is 2. The zero-order chi connectivity index (χ0) is 14.4. The Morgan fingerprint density at radius 1 is 1.47 bits per heavy atom. The van der Waals surface area contributed by atoms with Gasteiger partial charge in [-0.25, -0.2) is 0 Å². The van der Waals surface area contributed by atoms with Gasteiger partial charge in [-0.05, 0) is 12.0 Å². The molecule has 0 aliphatic carbocycles. The van der Waals surface area contributed by atoms with Gasteiger partial charge in [-0.2, -0.15) is 0 Å². The second-order valence-corrected chi connectivity index (χ2v) is 4.97. The molecule has 0 aliphatic rings. The Bertz CT molecular complexity index is 495. The summed E-state index contributed by atoms with van der Waals surface area (Å²) in [5.74, 6) is 0.251. The Balaban J connectivity index is 2.65. The summed E-state index contributed by atoms with van der Waals surface area (Å²) in [5, 5.41) is 3.15. The molecule has 6 heteroatoms. The summed E-state index contributed by atoms with van der Waals surface area (Å²) in [6.45, 7) is 4.73. The number of nitrogen functional groups attached to an aromatic ring is 1. The van der Waals surface area contributed by atoms with Gasteiger partial charge in [0.2, 0.25) is 5.91 Å². The number of nitrogens with zero attached hydrogens (tertiary/aromatic N) is 1.